The SMILES string of the molecule is O=C(N[C@@H](CN1C[C@@H](CO)N=N1)C(=O)O)c1c(Cl)cc2c(c1Cl)CCN(C(=O)c1ccc(Cl)cc1)C2. The summed E-state index contributed by atoms with van der Waals surface area (Å²) in [4.78, 5) is 39.4. The van der Waals surface area contributed by atoms with Gasteiger partial charge in [0.2, 0.25) is 0 Å². The van der Waals surface area contributed by atoms with Crippen molar-refractivity contribution in [1.29, 1.82) is 0 Å². The number of nitrogens with zero attached hydrogens (tertiary/aromatic N) is 4. The van der Waals surface area contributed by atoms with Crippen LogP contribution in [0, 0.1) is 0 Å². The van der Waals surface area contributed by atoms with Gasteiger partial charge in [0.1, 0.15) is 12.1 Å². The van der Waals surface area contributed by atoms with E-state index < -0.39 is 24.0 Å². The number of carbonyl (C=O) groups excluding carboxylic acids is 2. The maximum Gasteiger partial charge on any atom is 0.328 e. The number of carboxylic acid groups (broad SMARTS) is 1. The molecule has 0 saturated carbocycles. The van der Waals surface area contributed by atoms with Gasteiger partial charge in [0.25, 0.3) is 11.8 Å². The third-order valence-corrected chi connectivity index (χ3v) is 6.95. The van der Waals surface area contributed by atoms with Gasteiger partial charge >= 0.3 is 5.97 Å². The van der Waals surface area contributed by atoms with Crippen LogP contribution in [0.3, 0.4) is 0 Å². The smallest absolute Gasteiger partial charge is 0.328 e. The monoisotopic (exact) mass is 553 g/mol. The topological polar surface area (TPSA) is 135 Å². The van der Waals surface area contributed by atoms with E-state index in [2.05, 4.69) is 15.7 Å². The van der Waals surface area contributed by atoms with Gasteiger partial charge in [0.05, 0.1) is 35.3 Å². The lowest BCUT2D eigenvalue weighted by Crippen LogP contribution is -2.47. The van der Waals surface area contributed by atoms with Gasteiger partial charge < -0.3 is 20.4 Å². The van der Waals surface area contributed by atoms with E-state index in [-0.39, 0.29) is 47.8 Å². The molecule has 0 unspecified atom stereocenters. The molecule has 2 aliphatic rings. The maximum absolute atomic E-state index is 13.0. The summed E-state index contributed by atoms with van der Waals surface area (Å²) < 4.78 is 0. The Morgan fingerprint density at radius 1 is 1.17 bits per heavy atom. The molecule has 2 aromatic rings. The van der Waals surface area contributed by atoms with Crippen LogP contribution in [0.4, 0.5) is 0 Å². The second-order valence-electron chi connectivity index (χ2n) is 8.45. The fourth-order valence-corrected chi connectivity index (χ4v) is 4.99. The van der Waals surface area contributed by atoms with Gasteiger partial charge in [-0.15, -0.1) is 0 Å². The third kappa shape index (κ3) is 5.57. The molecule has 0 radical (unpaired) electrons. The molecule has 2 amide bonds. The molecule has 4 rings (SSSR count). The number of aliphatic hydroxyl groups is 1. The highest BCUT2D eigenvalue weighted by atomic mass is 35.5. The Labute approximate surface area is 221 Å². The molecular weight excluding hydrogens is 533 g/mol. The number of benzene rings is 2. The summed E-state index contributed by atoms with van der Waals surface area (Å²) in [5.74, 6) is -2.18. The molecular formula is C23H22Cl3N5O5. The van der Waals surface area contributed by atoms with Crippen LogP contribution < -0.4 is 5.32 Å². The minimum Gasteiger partial charge on any atom is -0.480 e. The third-order valence-electron chi connectivity index (χ3n) is 5.98. The molecule has 0 bridgehead atoms. The molecule has 13 heteroatoms. The highest BCUT2D eigenvalue weighted by molar-refractivity contribution is 6.40. The lowest BCUT2D eigenvalue weighted by molar-refractivity contribution is -0.139. The normalized spacial score (nSPS) is 17.6. The summed E-state index contributed by atoms with van der Waals surface area (Å²) >= 11 is 18.9. The van der Waals surface area contributed by atoms with E-state index in [4.69, 9.17) is 34.8 Å². The lowest BCUT2D eigenvalue weighted by Gasteiger charge is -2.30. The number of fused-ring (bicyclic) bond motifs is 1. The molecule has 0 saturated heterocycles. The minimum atomic E-state index is -1.32. The number of nitrogens with one attached hydrogen (secondary N) is 1. The van der Waals surface area contributed by atoms with Gasteiger partial charge in [0.15, 0.2) is 0 Å². The van der Waals surface area contributed by atoms with Crippen molar-refractivity contribution < 1.29 is 24.6 Å². The van der Waals surface area contributed by atoms with E-state index in [9.17, 15) is 24.6 Å². The molecule has 36 heavy (non-hydrogen) atoms. The first kappa shape index (κ1) is 26.2. The summed E-state index contributed by atoms with van der Waals surface area (Å²) in [7, 11) is 0. The lowest BCUT2D eigenvalue weighted by atomic mass is 9.96. The first-order chi connectivity index (χ1) is 17.2. The van der Waals surface area contributed by atoms with E-state index in [1.807, 2.05) is 0 Å². The Kier molecular flexibility index (Phi) is 7.99. The van der Waals surface area contributed by atoms with Crippen molar-refractivity contribution in [3.63, 3.8) is 0 Å². The van der Waals surface area contributed by atoms with Crippen molar-refractivity contribution in [1.82, 2.24) is 15.2 Å². The Morgan fingerprint density at radius 2 is 1.89 bits per heavy atom. The Morgan fingerprint density at radius 3 is 2.53 bits per heavy atom. The second-order valence-corrected chi connectivity index (χ2v) is 9.67. The molecule has 0 fully saturated rings. The Hall–Kier alpha value is -2.92. The van der Waals surface area contributed by atoms with Gasteiger partial charge in [0, 0.05) is 23.7 Å². The zero-order valence-electron chi connectivity index (χ0n) is 18.8. The number of rotatable bonds is 7. The zero-order valence-corrected chi connectivity index (χ0v) is 21.1. The van der Waals surface area contributed by atoms with Crippen LogP contribution in [-0.4, -0.2) is 76.2 Å². The van der Waals surface area contributed by atoms with Crippen molar-refractivity contribution >= 4 is 52.6 Å². The summed E-state index contributed by atoms with van der Waals surface area (Å²) in [5, 5.41) is 30.9. The Bertz CT molecular complexity index is 1220. The van der Waals surface area contributed by atoms with Crippen LogP contribution in [0.25, 0.3) is 0 Å². The van der Waals surface area contributed by atoms with Crippen molar-refractivity contribution in [3.05, 3.63) is 67.7 Å². The minimum absolute atomic E-state index is 0.0305. The van der Waals surface area contributed by atoms with Gasteiger partial charge in [-0.05, 0) is 47.9 Å². The predicted octanol–water partition coefficient (Wildman–Crippen LogP) is 3.07. The summed E-state index contributed by atoms with van der Waals surface area (Å²) in [6.07, 6.45) is 0.393. The van der Waals surface area contributed by atoms with Crippen LogP contribution in [0.5, 0.6) is 0 Å². The molecule has 190 valence electrons. The number of amides is 2. The Balaban J connectivity index is 1.50. The number of hydrogen-bond donors (Lipinski definition) is 3. The highest BCUT2D eigenvalue weighted by Gasteiger charge is 2.31. The number of aliphatic hydroxyl groups excluding tert-OH is 1. The average Bonchev–Trinajstić information content (AvgIpc) is 3.31. The highest BCUT2D eigenvalue weighted by Crippen LogP contribution is 2.35. The van der Waals surface area contributed by atoms with Crippen molar-refractivity contribution in [2.24, 2.45) is 10.3 Å². The van der Waals surface area contributed by atoms with Crippen LogP contribution in [0.2, 0.25) is 15.1 Å². The average molecular weight is 555 g/mol. The fourth-order valence-electron chi connectivity index (χ4n) is 4.10. The first-order valence-corrected chi connectivity index (χ1v) is 12.2. The molecule has 2 aliphatic heterocycles. The quantitative estimate of drug-likeness (QED) is 0.481. The number of carbonyl (C=O) groups is 3. The standard InChI is InChI=1S/C23H22Cl3N5O5/c24-14-3-1-12(2-4-14)22(34)30-6-5-16-13(8-30)7-17(25)19(20(16)26)21(33)27-18(23(35)36)10-31-9-15(11-32)28-29-31/h1-4,7,15,18,32H,5-6,8-11H2,(H,27,33)(H,35,36)/t15-,18-/m0/s1. The first-order valence-electron chi connectivity index (χ1n) is 11.0. The van der Waals surface area contributed by atoms with E-state index in [1.54, 1.807) is 35.2 Å². The van der Waals surface area contributed by atoms with E-state index >= 15 is 0 Å². The fraction of sp³-hybridized carbons (Fsp3) is 0.348. The van der Waals surface area contributed by atoms with Crippen LogP contribution in [0.1, 0.15) is 31.8 Å². The number of hydrogen-bond acceptors (Lipinski definition) is 7. The van der Waals surface area contributed by atoms with Crippen molar-refractivity contribution in [3.8, 4) is 0 Å². The number of carboxylic acids is 1. The van der Waals surface area contributed by atoms with E-state index in [1.165, 1.54) is 5.01 Å². The van der Waals surface area contributed by atoms with E-state index in [0.717, 1.165) is 0 Å². The zero-order chi connectivity index (χ0) is 26.0. The molecule has 2 heterocycles. The summed E-state index contributed by atoms with van der Waals surface area (Å²) in [6.45, 7) is 0.500. The predicted molar refractivity (Wildman–Crippen MR) is 133 cm³/mol. The second kappa shape index (κ2) is 11.0. The molecule has 0 spiro atoms. The van der Waals surface area contributed by atoms with Crippen LogP contribution in [0.15, 0.2) is 40.7 Å². The van der Waals surface area contributed by atoms with E-state index in [0.29, 0.717) is 34.7 Å². The van der Waals surface area contributed by atoms with Gasteiger partial charge in [-0.3, -0.25) is 14.6 Å². The molecule has 2 atom stereocenters. The number of halogens is 3. The molecule has 10 nitrogen and oxygen atoms in total. The molecule has 2 aromatic carbocycles. The molecule has 0 aliphatic carbocycles. The van der Waals surface area contributed by atoms with Gasteiger partial charge in [-0.1, -0.05) is 40.0 Å². The van der Waals surface area contributed by atoms with Crippen LogP contribution >= 0.6 is 34.8 Å². The van der Waals surface area contributed by atoms with Gasteiger partial charge in [-0.25, -0.2) is 4.79 Å². The number of aliphatic carboxylic acids is 1. The summed E-state index contributed by atoms with van der Waals surface area (Å²) in [6, 6.07) is 6.42. The molecule has 3 N–H and O–H groups in total. The summed E-state index contributed by atoms with van der Waals surface area (Å²) in [5.41, 5.74) is 1.85. The van der Waals surface area contributed by atoms with Crippen molar-refractivity contribution in [2.75, 3.05) is 26.2 Å². The molecule has 0 aromatic heterocycles. The van der Waals surface area contributed by atoms with Gasteiger partial charge in [-0.2, -0.15) is 5.11 Å². The largest absolute Gasteiger partial charge is 0.480 e. The van der Waals surface area contributed by atoms with Crippen LogP contribution in [-0.2, 0) is 17.8 Å². The maximum atomic E-state index is 13.0. The van der Waals surface area contributed by atoms with Crippen molar-refractivity contribution in [2.45, 2.75) is 25.0 Å².